The molecule has 0 bridgehead atoms. The van der Waals surface area contributed by atoms with Crippen molar-refractivity contribution < 1.29 is 17.5 Å². The molecule has 0 aliphatic heterocycles. The fourth-order valence-electron chi connectivity index (χ4n) is 1.71. The predicted molar refractivity (Wildman–Crippen MR) is 79.2 cm³/mol. The Morgan fingerprint density at radius 3 is 2.48 bits per heavy atom. The van der Waals surface area contributed by atoms with E-state index in [4.69, 9.17) is 10.5 Å². The molecular weight excluding hydrogens is 295 g/mol. The number of hydrogen-bond acceptors (Lipinski definition) is 4. The van der Waals surface area contributed by atoms with E-state index < -0.39 is 15.8 Å². The molecule has 0 atom stereocenters. The van der Waals surface area contributed by atoms with Gasteiger partial charge in [0.15, 0.2) is 0 Å². The zero-order chi connectivity index (χ0) is 15.5. The molecule has 112 valence electrons. The predicted octanol–water partition coefficient (Wildman–Crippen LogP) is 2.61. The molecule has 0 fully saturated rings. The van der Waals surface area contributed by atoms with E-state index >= 15 is 0 Å². The maximum absolute atomic E-state index is 13.6. The minimum Gasteiger partial charge on any atom is -0.494 e. The normalized spacial score (nSPS) is 11.1. The van der Waals surface area contributed by atoms with Gasteiger partial charge in [0.1, 0.15) is 11.6 Å². The quantitative estimate of drug-likeness (QED) is 0.832. The first-order valence-electron chi connectivity index (χ1n) is 6.23. The Kier molecular flexibility index (Phi) is 4.32. The standard InChI is InChI=1S/C14H15FN2O3S/c1-2-20-11-4-6-12(7-5-11)21(18,19)17-14-9-10(16)3-8-13(14)15/h3-9,17H,2,16H2,1H3. The number of nitrogen functional groups attached to an aromatic ring is 1. The van der Waals surface area contributed by atoms with Gasteiger partial charge in [-0.25, -0.2) is 12.8 Å². The summed E-state index contributed by atoms with van der Waals surface area (Å²) in [7, 11) is -3.89. The Balaban J connectivity index is 2.27. The van der Waals surface area contributed by atoms with Gasteiger partial charge in [-0.2, -0.15) is 0 Å². The van der Waals surface area contributed by atoms with Crippen molar-refractivity contribution in [3.05, 3.63) is 48.3 Å². The molecule has 0 heterocycles. The van der Waals surface area contributed by atoms with Gasteiger partial charge in [0.25, 0.3) is 10.0 Å². The summed E-state index contributed by atoms with van der Waals surface area (Å²) < 4.78 is 45.3. The molecule has 0 spiro atoms. The third-order valence-corrected chi connectivity index (χ3v) is 4.06. The summed E-state index contributed by atoms with van der Waals surface area (Å²) in [5.74, 6) is -0.134. The highest BCUT2D eigenvalue weighted by Gasteiger charge is 2.16. The third-order valence-electron chi connectivity index (χ3n) is 2.68. The van der Waals surface area contributed by atoms with E-state index in [1.807, 2.05) is 6.92 Å². The molecule has 0 aliphatic carbocycles. The molecule has 2 rings (SSSR count). The van der Waals surface area contributed by atoms with Crippen LogP contribution in [0.25, 0.3) is 0 Å². The van der Waals surface area contributed by atoms with Crippen LogP contribution in [0.5, 0.6) is 5.75 Å². The van der Waals surface area contributed by atoms with Crippen molar-refractivity contribution in [2.45, 2.75) is 11.8 Å². The SMILES string of the molecule is CCOc1ccc(S(=O)(=O)Nc2cc(N)ccc2F)cc1. The average molecular weight is 310 g/mol. The molecule has 0 saturated heterocycles. The Labute approximate surface area is 122 Å². The topological polar surface area (TPSA) is 81.4 Å². The van der Waals surface area contributed by atoms with E-state index in [-0.39, 0.29) is 16.3 Å². The lowest BCUT2D eigenvalue weighted by Crippen LogP contribution is -2.14. The van der Waals surface area contributed by atoms with Gasteiger partial charge in [0, 0.05) is 5.69 Å². The van der Waals surface area contributed by atoms with Gasteiger partial charge in [-0.1, -0.05) is 0 Å². The van der Waals surface area contributed by atoms with E-state index in [9.17, 15) is 12.8 Å². The molecule has 5 nitrogen and oxygen atoms in total. The van der Waals surface area contributed by atoms with Crippen LogP contribution in [0.4, 0.5) is 15.8 Å². The number of ether oxygens (including phenoxy) is 1. The van der Waals surface area contributed by atoms with Crippen molar-refractivity contribution in [3.63, 3.8) is 0 Å². The molecular formula is C14H15FN2O3S. The van der Waals surface area contributed by atoms with Gasteiger partial charge in [-0.3, -0.25) is 4.72 Å². The van der Waals surface area contributed by atoms with Gasteiger partial charge in [-0.05, 0) is 49.4 Å². The van der Waals surface area contributed by atoms with Crippen LogP contribution in [0.2, 0.25) is 0 Å². The van der Waals surface area contributed by atoms with Crippen LogP contribution in [0.15, 0.2) is 47.4 Å². The lowest BCUT2D eigenvalue weighted by molar-refractivity contribution is 0.340. The minimum absolute atomic E-state index is 0.00720. The maximum atomic E-state index is 13.6. The number of hydrogen-bond donors (Lipinski definition) is 2. The van der Waals surface area contributed by atoms with E-state index in [1.165, 1.54) is 36.4 Å². The second-order valence-electron chi connectivity index (χ2n) is 4.25. The molecule has 2 aromatic rings. The lowest BCUT2D eigenvalue weighted by Gasteiger charge is -2.10. The van der Waals surface area contributed by atoms with Crippen LogP contribution in [-0.4, -0.2) is 15.0 Å². The zero-order valence-electron chi connectivity index (χ0n) is 11.3. The minimum atomic E-state index is -3.89. The number of nitrogens with two attached hydrogens (primary N) is 1. The van der Waals surface area contributed by atoms with Crippen molar-refractivity contribution in [3.8, 4) is 5.75 Å². The van der Waals surface area contributed by atoms with Crippen molar-refractivity contribution in [1.82, 2.24) is 0 Å². The second-order valence-corrected chi connectivity index (χ2v) is 5.93. The molecule has 2 aromatic carbocycles. The third kappa shape index (κ3) is 3.63. The summed E-state index contributed by atoms with van der Waals surface area (Å²) in [6.07, 6.45) is 0. The Morgan fingerprint density at radius 1 is 1.19 bits per heavy atom. The molecule has 21 heavy (non-hydrogen) atoms. The number of anilines is 2. The molecule has 3 N–H and O–H groups in total. The van der Waals surface area contributed by atoms with Gasteiger partial charge in [0.2, 0.25) is 0 Å². The maximum Gasteiger partial charge on any atom is 0.261 e. The van der Waals surface area contributed by atoms with Crippen LogP contribution in [0.1, 0.15) is 6.92 Å². The van der Waals surface area contributed by atoms with Crippen LogP contribution >= 0.6 is 0 Å². The first-order chi connectivity index (χ1) is 9.92. The number of benzene rings is 2. The lowest BCUT2D eigenvalue weighted by atomic mass is 10.3. The van der Waals surface area contributed by atoms with E-state index in [0.717, 1.165) is 6.07 Å². The monoisotopic (exact) mass is 310 g/mol. The highest BCUT2D eigenvalue weighted by atomic mass is 32.2. The molecule has 0 aliphatic rings. The highest BCUT2D eigenvalue weighted by molar-refractivity contribution is 7.92. The van der Waals surface area contributed by atoms with Gasteiger partial charge in [0.05, 0.1) is 17.2 Å². The summed E-state index contributed by atoms with van der Waals surface area (Å²) >= 11 is 0. The Hall–Kier alpha value is -2.28. The number of halogens is 1. The zero-order valence-corrected chi connectivity index (χ0v) is 12.2. The summed E-state index contributed by atoms with van der Waals surface area (Å²) in [5, 5.41) is 0. The van der Waals surface area contributed by atoms with Crippen molar-refractivity contribution in [2.24, 2.45) is 0 Å². The Bertz CT molecular complexity index is 730. The highest BCUT2D eigenvalue weighted by Crippen LogP contribution is 2.22. The summed E-state index contributed by atoms with van der Waals surface area (Å²) in [5.41, 5.74) is 5.59. The van der Waals surface area contributed by atoms with Crippen LogP contribution in [0.3, 0.4) is 0 Å². The van der Waals surface area contributed by atoms with Crippen LogP contribution in [-0.2, 0) is 10.0 Å². The first-order valence-corrected chi connectivity index (χ1v) is 7.71. The van der Waals surface area contributed by atoms with Crippen LogP contribution in [0, 0.1) is 5.82 Å². The number of rotatable bonds is 5. The average Bonchev–Trinajstić information content (AvgIpc) is 2.44. The van der Waals surface area contributed by atoms with Crippen LogP contribution < -0.4 is 15.2 Å². The molecule has 0 saturated carbocycles. The fraction of sp³-hybridized carbons (Fsp3) is 0.143. The van der Waals surface area contributed by atoms with E-state index in [0.29, 0.717) is 12.4 Å². The molecule has 0 amide bonds. The van der Waals surface area contributed by atoms with Gasteiger partial charge in [-0.15, -0.1) is 0 Å². The van der Waals surface area contributed by atoms with Gasteiger partial charge >= 0.3 is 0 Å². The Morgan fingerprint density at radius 2 is 1.86 bits per heavy atom. The molecule has 0 radical (unpaired) electrons. The fourth-order valence-corrected chi connectivity index (χ4v) is 2.76. The molecule has 0 unspecified atom stereocenters. The summed E-state index contributed by atoms with van der Waals surface area (Å²) in [4.78, 5) is 0.00720. The largest absolute Gasteiger partial charge is 0.494 e. The van der Waals surface area contributed by atoms with Crippen molar-refractivity contribution in [1.29, 1.82) is 0 Å². The summed E-state index contributed by atoms with van der Waals surface area (Å²) in [6, 6.07) is 9.52. The molecule has 0 aromatic heterocycles. The number of sulfonamides is 1. The first kappa shape index (κ1) is 15.1. The number of nitrogens with one attached hydrogen (secondary N) is 1. The van der Waals surface area contributed by atoms with E-state index in [1.54, 1.807) is 0 Å². The van der Waals surface area contributed by atoms with E-state index in [2.05, 4.69) is 4.72 Å². The smallest absolute Gasteiger partial charge is 0.261 e. The van der Waals surface area contributed by atoms with Gasteiger partial charge < -0.3 is 10.5 Å². The van der Waals surface area contributed by atoms with Crippen molar-refractivity contribution in [2.75, 3.05) is 17.1 Å². The second kappa shape index (κ2) is 6.01. The van der Waals surface area contributed by atoms with Crippen molar-refractivity contribution >= 4 is 21.4 Å². The molecule has 7 heteroatoms. The summed E-state index contributed by atoms with van der Waals surface area (Å²) in [6.45, 7) is 2.31.